The molecule has 0 saturated heterocycles. The Hall–Kier alpha value is -3.21. The first-order chi connectivity index (χ1) is 15.8. The number of amides is 1. The van der Waals surface area contributed by atoms with Gasteiger partial charge in [-0.2, -0.15) is 5.26 Å². The zero-order valence-electron chi connectivity index (χ0n) is 18.6. The molecule has 8 heteroatoms. The van der Waals surface area contributed by atoms with Crippen molar-refractivity contribution < 1.29 is 13.9 Å². The molecule has 3 rings (SSSR count). The van der Waals surface area contributed by atoms with Gasteiger partial charge in [0.05, 0.1) is 22.7 Å². The van der Waals surface area contributed by atoms with E-state index < -0.39 is 5.54 Å². The molecule has 33 heavy (non-hydrogen) atoms. The minimum absolute atomic E-state index is 0.237. The third kappa shape index (κ3) is 6.64. The second-order valence-electron chi connectivity index (χ2n) is 8.19. The van der Waals surface area contributed by atoms with Gasteiger partial charge in [0.25, 0.3) is 0 Å². The summed E-state index contributed by atoms with van der Waals surface area (Å²) in [6.45, 7) is 4.39. The first-order valence-corrected chi connectivity index (χ1v) is 11.1. The number of hydrogen-bond donors (Lipinski definition) is 2. The molecule has 1 aromatic heterocycles. The van der Waals surface area contributed by atoms with E-state index in [0.29, 0.717) is 49.4 Å². The number of nitrogens with one attached hydrogen (secondary N) is 2. The van der Waals surface area contributed by atoms with Crippen LogP contribution in [0.25, 0.3) is 5.57 Å². The number of carbonyl (C=O) groups excluding carboxylic acids is 1. The number of halogens is 2. The largest absolute Gasteiger partial charge is 0.495 e. The van der Waals surface area contributed by atoms with E-state index in [4.69, 9.17) is 21.6 Å². The number of benzene rings is 1. The minimum atomic E-state index is -0.849. The number of rotatable bonds is 9. The van der Waals surface area contributed by atoms with E-state index in [-0.39, 0.29) is 16.8 Å². The van der Waals surface area contributed by atoms with Crippen LogP contribution in [0.1, 0.15) is 44.2 Å². The lowest BCUT2D eigenvalue weighted by Gasteiger charge is -2.25. The first-order valence-electron chi connectivity index (χ1n) is 10.7. The first kappa shape index (κ1) is 24.4. The summed E-state index contributed by atoms with van der Waals surface area (Å²) in [6.07, 6.45) is 6.73. The fourth-order valence-corrected chi connectivity index (χ4v) is 3.55. The quantitative estimate of drug-likeness (QED) is 0.482. The number of hydrogen-bond acceptors (Lipinski definition) is 5. The zero-order valence-corrected chi connectivity index (χ0v) is 19.4. The molecule has 0 atom stereocenters. The number of pyridine rings is 1. The number of ether oxygens (including phenoxy) is 1. The maximum absolute atomic E-state index is 14.4. The van der Waals surface area contributed by atoms with Gasteiger partial charge in [0.1, 0.15) is 11.8 Å². The van der Waals surface area contributed by atoms with Crippen LogP contribution in [0.5, 0.6) is 0 Å². The smallest absolute Gasteiger partial charge is 0.244 e. The second-order valence-corrected chi connectivity index (χ2v) is 8.60. The molecule has 0 radical (unpaired) electrons. The third-order valence-electron chi connectivity index (χ3n) is 5.32. The van der Waals surface area contributed by atoms with Crippen molar-refractivity contribution in [1.29, 1.82) is 5.26 Å². The topological polar surface area (TPSA) is 87.0 Å². The monoisotopic (exact) mass is 468 g/mol. The molecule has 0 unspecified atom stereocenters. The van der Waals surface area contributed by atoms with Crippen molar-refractivity contribution in [2.45, 2.75) is 38.6 Å². The summed E-state index contributed by atoms with van der Waals surface area (Å²) in [5, 5.41) is 15.2. The van der Waals surface area contributed by atoms with Crippen LogP contribution >= 0.6 is 11.6 Å². The third-order valence-corrected chi connectivity index (χ3v) is 5.63. The lowest BCUT2D eigenvalue weighted by molar-refractivity contribution is -0.121. The van der Waals surface area contributed by atoms with Crippen LogP contribution in [-0.4, -0.2) is 29.6 Å². The number of aromatic nitrogens is 1. The molecule has 1 amide bonds. The Bertz CT molecular complexity index is 1110. The van der Waals surface area contributed by atoms with E-state index in [1.807, 2.05) is 18.2 Å². The van der Waals surface area contributed by atoms with Gasteiger partial charge in [-0.25, -0.2) is 4.39 Å². The Morgan fingerprint density at radius 1 is 1.27 bits per heavy atom. The molecule has 0 aliphatic heterocycles. The van der Waals surface area contributed by atoms with Crippen LogP contribution < -0.4 is 10.6 Å². The Balaban J connectivity index is 1.44. The average molecular weight is 469 g/mol. The van der Waals surface area contributed by atoms with Gasteiger partial charge in [0.2, 0.25) is 5.91 Å². The van der Waals surface area contributed by atoms with Crippen molar-refractivity contribution in [3.05, 3.63) is 76.5 Å². The molecule has 0 spiro atoms. The molecule has 2 N–H and O–H groups in total. The molecule has 1 aliphatic rings. The van der Waals surface area contributed by atoms with E-state index in [1.165, 1.54) is 6.08 Å². The molecule has 172 valence electrons. The Morgan fingerprint density at radius 2 is 2.03 bits per heavy atom. The normalized spacial score (nSPS) is 13.8. The Labute approximate surface area is 198 Å². The van der Waals surface area contributed by atoms with E-state index in [2.05, 4.69) is 15.6 Å². The molecule has 0 fully saturated rings. The molecular weight excluding hydrogens is 443 g/mol. The lowest BCUT2D eigenvalue weighted by Crippen LogP contribution is -2.50. The highest BCUT2D eigenvalue weighted by atomic mass is 35.5. The van der Waals surface area contributed by atoms with E-state index in [1.54, 1.807) is 44.4 Å². The van der Waals surface area contributed by atoms with Gasteiger partial charge in [-0.15, -0.1) is 0 Å². The maximum atomic E-state index is 14.4. The van der Waals surface area contributed by atoms with Crippen molar-refractivity contribution in [3.8, 4) is 6.07 Å². The van der Waals surface area contributed by atoms with Gasteiger partial charge >= 0.3 is 0 Å². The fourth-order valence-electron chi connectivity index (χ4n) is 3.33. The van der Waals surface area contributed by atoms with Gasteiger partial charge < -0.3 is 15.4 Å². The summed E-state index contributed by atoms with van der Waals surface area (Å²) in [4.78, 5) is 16.6. The number of carbonyl (C=O) groups is 1. The molecule has 1 heterocycles. The highest BCUT2D eigenvalue weighted by molar-refractivity contribution is 6.32. The van der Waals surface area contributed by atoms with Crippen LogP contribution in [-0.2, 0) is 9.53 Å². The van der Waals surface area contributed by atoms with Crippen molar-refractivity contribution in [2.75, 3.05) is 18.5 Å². The molecule has 2 aromatic rings. The molecule has 0 saturated carbocycles. The van der Waals surface area contributed by atoms with Crippen molar-refractivity contribution in [3.63, 3.8) is 0 Å². The molecule has 6 nitrogen and oxygen atoms in total. The van der Waals surface area contributed by atoms with E-state index >= 15 is 0 Å². The average Bonchev–Trinajstić information content (AvgIpc) is 2.80. The second kappa shape index (κ2) is 11.1. The highest BCUT2D eigenvalue weighted by Gasteiger charge is 2.27. The predicted octanol–water partition coefficient (Wildman–Crippen LogP) is 5.38. The lowest BCUT2D eigenvalue weighted by atomic mass is 9.97. The summed E-state index contributed by atoms with van der Waals surface area (Å²) >= 11 is 6.02. The van der Waals surface area contributed by atoms with E-state index in [9.17, 15) is 9.18 Å². The number of anilines is 1. The zero-order chi connectivity index (χ0) is 23.8. The van der Waals surface area contributed by atoms with Gasteiger partial charge in [-0.1, -0.05) is 11.6 Å². The van der Waals surface area contributed by atoms with Gasteiger partial charge in [0.15, 0.2) is 5.83 Å². The summed E-state index contributed by atoms with van der Waals surface area (Å²) in [7, 11) is 0. The number of nitriles is 1. The Morgan fingerprint density at radius 3 is 2.70 bits per heavy atom. The minimum Gasteiger partial charge on any atom is -0.495 e. The van der Waals surface area contributed by atoms with Crippen LogP contribution in [0, 0.1) is 11.3 Å². The number of nitrogens with zero attached hydrogens (tertiary/aromatic N) is 2. The van der Waals surface area contributed by atoms with Crippen LogP contribution in [0.3, 0.4) is 0 Å². The molecule has 0 bridgehead atoms. The SMILES string of the molecule is CC(C)(NCCCOC1=C(F)C=C(c2ccncc2)CC1)C(=O)Nc1ccc(C#N)c(Cl)c1. The van der Waals surface area contributed by atoms with Gasteiger partial charge in [-0.3, -0.25) is 9.78 Å². The predicted molar refractivity (Wildman–Crippen MR) is 127 cm³/mol. The fraction of sp³-hybridized carbons (Fsp3) is 0.320. The van der Waals surface area contributed by atoms with Crippen LogP contribution in [0.2, 0.25) is 5.02 Å². The maximum Gasteiger partial charge on any atom is 0.244 e. The van der Waals surface area contributed by atoms with Crippen LogP contribution in [0.15, 0.2) is 60.4 Å². The highest BCUT2D eigenvalue weighted by Crippen LogP contribution is 2.31. The number of allylic oxidation sites excluding steroid dienone is 4. The van der Waals surface area contributed by atoms with Crippen molar-refractivity contribution >= 4 is 28.8 Å². The summed E-state index contributed by atoms with van der Waals surface area (Å²) in [6, 6.07) is 10.4. The molecular formula is C25H26ClFN4O2. The van der Waals surface area contributed by atoms with Crippen LogP contribution in [0.4, 0.5) is 10.1 Å². The standard InChI is InChI=1S/C25H26ClFN4O2/c1-25(2,24(32)31-20-6-4-19(16-28)21(26)15-20)30-10-3-13-33-23-7-5-18(14-22(23)27)17-8-11-29-12-9-17/h4,6,8-9,11-12,14-15,30H,3,5,7,10,13H2,1-2H3,(H,31,32). The van der Waals surface area contributed by atoms with Crippen molar-refractivity contribution in [2.24, 2.45) is 0 Å². The van der Waals surface area contributed by atoms with Gasteiger partial charge in [-0.05, 0) is 80.8 Å². The Kier molecular flexibility index (Phi) is 8.21. The van der Waals surface area contributed by atoms with Gasteiger partial charge in [0, 0.05) is 24.5 Å². The summed E-state index contributed by atoms with van der Waals surface area (Å²) in [5.74, 6) is -0.219. The van der Waals surface area contributed by atoms with E-state index in [0.717, 1.165) is 11.1 Å². The molecule has 1 aliphatic carbocycles. The molecule has 1 aromatic carbocycles. The summed E-state index contributed by atoms with van der Waals surface area (Å²) in [5.41, 5.74) is 1.91. The summed E-state index contributed by atoms with van der Waals surface area (Å²) < 4.78 is 20.1. The van der Waals surface area contributed by atoms with Crippen molar-refractivity contribution in [1.82, 2.24) is 10.3 Å².